The molecule has 1 saturated heterocycles. The van der Waals surface area contributed by atoms with Gasteiger partial charge in [-0.05, 0) is 32.0 Å². The van der Waals surface area contributed by atoms with Crippen LogP contribution in [0.25, 0.3) is 0 Å². The number of primary sulfonamides is 1. The van der Waals surface area contributed by atoms with E-state index in [2.05, 4.69) is 13.8 Å². The lowest BCUT2D eigenvalue weighted by molar-refractivity contribution is 0.0697. The Bertz CT molecular complexity index is 671. The van der Waals surface area contributed by atoms with E-state index >= 15 is 0 Å². The second-order valence-corrected chi connectivity index (χ2v) is 8.92. The summed E-state index contributed by atoms with van der Waals surface area (Å²) in [5.74, 6) is -0.269. The molecule has 0 radical (unpaired) electrons. The standard InChI is InChI=1S/C13H18N2O4S2/c1-13(2)8-15(5-6-20-13)11-4-3-9(21(14,18)19)7-10(11)12(16)17/h3-4,7H,5-6,8H2,1-2H3,(H,16,17)(H2,14,18,19). The molecule has 0 atom stereocenters. The van der Waals surface area contributed by atoms with Gasteiger partial charge in [-0.1, -0.05) is 0 Å². The summed E-state index contributed by atoms with van der Waals surface area (Å²) < 4.78 is 22.8. The molecule has 1 aromatic rings. The van der Waals surface area contributed by atoms with Crippen LogP contribution in [0.3, 0.4) is 0 Å². The van der Waals surface area contributed by atoms with Crippen molar-refractivity contribution in [3.8, 4) is 0 Å². The molecule has 0 saturated carbocycles. The molecule has 3 N–H and O–H groups in total. The van der Waals surface area contributed by atoms with Crippen LogP contribution in [-0.2, 0) is 10.0 Å². The number of nitrogens with zero attached hydrogens (tertiary/aromatic N) is 1. The first-order valence-corrected chi connectivity index (χ1v) is 8.92. The summed E-state index contributed by atoms with van der Waals surface area (Å²) in [6, 6.07) is 4.00. The Kier molecular flexibility index (Phi) is 4.23. The van der Waals surface area contributed by atoms with E-state index in [1.807, 2.05) is 16.7 Å². The van der Waals surface area contributed by atoms with Crippen LogP contribution in [0.15, 0.2) is 23.1 Å². The summed E-state index contributed by atoms with van der Waals surface area (Å²) in [5, 5.41) is 14.4. The molecule has 0 aromatic heterocycles. The van der Waals surface area contributed by atoms with E-state index in [1.54, 1.807) is 0 Å². The van der Waals surface area contributed by atoms with Gasteiger partial charge in [0.2, 0.25) is 10.0 Å². The van der Waals surface area contributed by atoms with Crippen LogP contribution in [-0.4, -0.2) is 43.1 Å². The van der Waals surface area contributed by atoms with Crippen LogP contribution in [0.4, 0.5) is 5.69 Å². The van der Waals surface area contributed by atoms with Crippen molar-refractivity contribution in [2.24, 2.45) is 5.14 Å². The van der Waals surface area contributed by atoms with Crippen LogP contribution in [0.1, 0.15) is 24.2 Å². The average Bonchev–Trinajstić information content (AvgIpc) is 2.35. The number of benzene rings is 1. The molecule has 0 unspecified atom stereocenters. The molecule has 1 aromatic carbocycles. The Hall–Kier alpha value is -1.25. The van der Waals surface area contributed by atoms with Gasteiger partial charge in [0.25, 0.3) is 0 Å². The third-order valence-electron chi connectivity index (χ3n) is 3.29. The first-order chi connectivity index (χ1) is 9.60. The number of rotatable bonds is 3. The lowest BCUT2D eigenvalue weighted by atomic mass is 10.1. The van der Waals surface area contributed by atoms with E-state index in [4.69, 9.17) is 5.14 Å². The van der Waals surface area contributed by atoms with Crippen LogP contribution in [0.2, 0.25) is 0 Å². The van der Waals surface area contributed by atoms with Crippen molar-refractivity contribution in [3.63, 3.8) is 0 Å². The van der Waals surface area contributed by atoms with Crippen LogP contribution in [0.5, 0.6) is 0 Å². The normalized spacial score (nSPS) is 18.5. The molecule has 1 heterocycles. The number of carbonyl (C=O) groups is 1. The fourth-order valence-electron chi connectivity index (χ4n) is 2.36. The molecule has 1 fully saturated rings. The highest BCUT2D eigenvalue weighted by atomic mass is 32.2. The first kappa shape index (κ1) is 16.1. The zero-order valence-corrected chi connectivity index (χ0v) is 13.5. The first-order valence-electron chi connectivity index (χ1n) is 6.39. The molecule has 1 aliphatic heterocycles. The molecule has 2 rings (SSSR count). The second kappa shape index (κ2) is 5.51. The van der Waals surface area contributed by atoms with Crippen molar-refractivity contribution >= 4 is 33.4 Å². The zero-order chi connectivity index (χ0) is 15.8. The number of hydrogen-bond acceptors (Lipinski definition) is 5. The number of carboxylic acids is 1. The van der Waals surface area contributed by atoms with Crippen molar-refractivity contribution in [2.45, 2.75) is 23.5 Å². The quantitative estimate of drug-likeness (QED) is 0.868. The number of anilines is 1. The van der Waals surface area contributed by atoms with Crippen LogP contribution < -0.4 is 10.0 Å². The minimum absolute atomic E-state index is 0.0205. The van der Waals surface area contributed by atoms with Gasteiger partial charge >= 0.3 is 5.97 Å². The van der Waals surface area contributed by atoms with Gasteiger partial charge in [-0.3, -0.25) is 0 Å². The van der Waals surface area contributed by atoms with Crippen molar-refractivity contribution in [1.29, 1.82) is 0 Å². The highest BCUT2D eigenvalue weighted by molar-refractivity contribution is 8.00. The molecule has 21 heavy (non-hydrogen) atoms. The smallest absolute Gasteiger partial charge is 0.337 e. The third-order valence-corrected chi connectivity index (χ3v) is 5.50. The summed E-state index contributed by atoms with van der Waals surface area (Å²) >= 11 is 1.84. The van der Waals surface area contributed by atoms with E-state index in [9.17, 15) is 18.3 Å². The Morgan fingerprint density at radius 3 is 2.62 bits per heavy atom. The van der Waals surface area contributed by atoms with Crippen molar-refractivity contribution in [2.75, 3.05) is 23.7 Å². The fraction of sp³-hybridized carbons (Fsp3) is 0.462. The van der Waals surface area contributed by atoms with Gasteiger partial charge in [-0.2, -0.15) is 11.8 Å². The van der Waals surface area contributed by atoms with E-state index in [0.717, 1.165) is 18.4 Å². The Balaban J connectivity index is 2.46. The average molecular weight is 330 g/mol. The lowest BCUT2D eigenvalue weighted by Gasteiger charge is -2.39. The Morgan fingerprint density at radius 2 is 2.10 bits per heavy atom. The number of nitrogens with two attached hydrogens (primary N) is 1. The highest BCUT2D eigenvalue weighted by Crippen LogP contribution is 2.34. The predicted molar refractivity (Wildman–Crippen MR) is 83.5 cm³/mol. The number of carboxylic acid groups (broad SMARTS) is 1. The number of thioether (sulfide) groups is 1. The van der Waals surface area contributed by atoms with Gasteiger partial charge in [0, 0.05) is 23.6 Å². The summed E-state index contributed by atoms with van der Waals surface area (Å²) in [6.45, 7) is 5.63. The lowest BCUT2D eigenvalue weighted by Crippen LogP contribution is -2.43. The Morgan fingerprint density at radius 1 is 1.43 bits per heavy atom. The summed E-state index contributed by atoms with van der Waals surface area (Å²) in [4.78, 5) is 13.2. The number of aromatic carboxylic acids is 1. The third kappa shape index (κ3) is 3.69. The van der Waals surface area contributed by atoms with Gasteiger partial charge in [0.1, 0.15) is 0 Å². The maximum Gasteiger partial charge on any atom is 0.337 e. The zero-order valence-electron chi connectivity index (χ0n) is 11.9. The molecule has 0 bridgehead atoms. The van der Waals surface area contributed by atoms with Gasteiger partial charge in [-0.25, -0.2) is 18.4 Å². The van der Waals surface area contributed by atoms with Gasteiger partial charge in [0.05, 0.1) is 16.1 Å². The molecular formula is C13H18N2O4S2. The van der Waals surface area contributed by atoms with Crippen LogP contribution >= 0.6 is 11.8 Å². The maximum atomic E-state index is 11.4. The van der Waals surface area contributed by atoms with Crippen molar-refractivity contribution in [1.82, 2.24) is 0 Å². The molecule has 8 heteroatoms. The van der Waals surface area contributed by atoms with E-state index in [1.165, 1.54) is 12.1 Å². The van der Waals surface area contributed by atoms with Gasteiger partial charge in [-0.15, -0.1) is 0 Å². The summed E-state index contributed by atoms with van der Waals surface area (Å²) in [6.07, 6.45) is 0. The maximum absolute atomic E-state index is 11.4. The predicted octanol–water partition coefficient (Wildman–Crippen LogP) is 1.36. The van der Waals surface area contributed by atoms with E-state index in [0.29, 0.717) is 12.2 Å². The molecule has 6 nitrogen and oxygen atoms in total. The monoisotopic (exact) mass is 330 g/mol. The summed E-state index contributed by atoms with van der Waals surface area (Å²) in [7, 11) is -3.92. The molecule has 0 spiro atoms. The second-order valence-electron chi connectivity index (χ2n) is 5.56. The SMILES string of the molecule is CC1(C)CN(c2ccc(S(N)(=O)=O)cc2C(=O)O)CCS1. The van der Waals surface area contributed by atoms with E-state index < -0.39 is 16.0 Å². The molecule has 1 aliphatic rings. The topological polar surface area (TPSA) is 101 Å². The van der Waals surface area contributed by atoms with Crippen LogP contribution in [0, 0.1) is 0 Å². The van der Waals surface area contributed by atoms with E-state index in [-0.39, 0.29) is 15.2 Å². The summed E-state index contributed by atoms with van der Waals surface area (Å²) in [5.41, 5.74) is 0.493. The molecule has 116 valence electrons. The largest absolute Gasteiger partial charge is 0.478 e. The minimum atomic E-state index is -3.92. The Labute approximate surface area is 128 Å². The van der Waals surface area contributed by atoms with Gasteiger partial charge in [0.15, 0.2) is 0 Å². The molecular weight excluding hydrogens is 312 g/mol. The highest BCUT2D eigenvalue weighted by Gasteiger charge is 2.29. The molecule has 0 aliphatic carbocycles. The van der Waals surface area contributed by atoms with Crippen molar-refractivity contribution in [3.05, 3.63) is 23.8 Å². The number of sulfonamides is 1. The fourth-order valence-corrected chi connectivity index (χ4v) is 4.01. The minimum Gasteiger partial charge on any atom is -0.478 e. The number of hydrogen-bond donors (Lipinski definition) is 2. The molecule has 0 amide bonds. The van der Waals surface area contributed by atoms with Gasteiger partial charge < -0.3 is 10.0 Å². The van der Waals surface area contributed by atoms with Crippen molar-refractivity contribution < 1.29 is 18.3 Å².